The molecule has 2 aromatic carbocycles. The van der Waals surface area contributed by atoms with Gasteiger partial charge >= 0.3 is 0 Å². The highest BCUT2D eigenvalue weighted by atomic mass is 35.5. The lowest BCUT2D eigenvalue weighted by Gasteiger charge is -2.18. The second-order valence-electron chi connectivity index (χ2n) is 6.81. The lowest BCUT2D eigenvalue weighted by Crippen LogP contribution is -2.27. The van der Waals surface area contributed by atoms with Crippen LogP contribution in [0.4, 0.5) is 0 Å². The molecule has 1 heterocycles. The summed E-state index contributed by atoms with van der Waals surface area (Å²) in [4.78, 5) is 14.4. The van der Waals surface area contributed by atoms with E-state index in [9.17, 15) is 4.79 Å². The van der Waals surface area contributed by atoms with E-state index in [2.05, 4.69) is 5.10 Å². The lowest BCUT2D eigenvalue weighted by molar-refractivity contribution is 0.0781. The number of hydrogen-bond acceptors (Lipinski definition) is 3. The molecule has 3 rings (SSSR count). The molecule has 1 amide bonds. The van der Waals surface area contributed by atoms with Gasteiger partial charge in [-0.05, 0) is 55.3 Å². The van der Waals surface area contributed by atoms with Gasteiger partial charge in [0, 0.05) is 24.2 Å². The van der Waals surface area contributed by atoms with Crippen molar-refractivity contribution in [2.45, 2.75) is 33.5 Å². The lowest BCUT2D eigenvalue weighted by atomic mass is 10.1. The zero-order valence-corrected chi connectivity index (χ0v) is 18.2. The molecule has 0 spiro atoms. The minimum absolute atomic E-state index is 0.0780. The standard InChI is InChI=1S/C22H23Cl2N3O2/c1-4-27-21(20(24)12-25-27)13-26(3)22(28)17-7-5-16(6-8-17)14-29-18-9-10-19(23)15(2)11-18/h5-12H,4,13-14H2,1-3H3. The van der Waals surface area contributed by atoms with Gasteiger partial charge in [0.2, 0.25) is 0 Å². The molecule has 0 saturated carbocycles. The number of benzene rings is 2. The van der Waals surface area contributed by atoms with Crippen LogP contribution in [0.3, 0.4) is 0 Å². The van der Waals surface area contributed by atoms with Gasteiger partial charge in [0.1, 0.15) is 12.4 Å². The van der Waals surface area contributed by atoms with E-state index < -0.39 is 0 Å². The third-order valence-corrected chi connectivity index (χ3v) is 5.41. The van der Waals surface area contributed by atoms with Crippen LogP contribution in [-0.2, 0) is 19.7 Å². The SMILES string of the molecule is CCn1ncc(Cl)c1CN(C)C(=O)c1ccc(COc2ccc(Cl)c(C)c2)cc1. The highest BCUT2D eigenvalue weighted by molar-refractivity contribution is 6.31. The Balaban J connectivity index is 1.62. The monoisotopic (exact) mass is 431 g/mol. The van der Waals surface area contributed by atoms with Gasteiger partial charge in [-0.2, -0.15) is 5.10 Å². The molecule has 0 N–H and O–H groups in total. The predicted octanol–water partition coefficient (Wildman–Crippen LogP) is 5.37. The van der Waals surface area contributed by atoms with Crippen LogP contribution in [0.25, 0.3) is 0 Å². The van der Waals surface area contributed by atoms with E-state index in [1.54, 1.807) is 22.8 Å². The molecule has 0 atom stereocenters. The number of carbonyl (C=O) groups excluding carboxylic acids is 1. The summed E-state index contributed by atoms with van der Waals surface area (Å²) >= 11 is 12.2. The van der Waals surface area contributed by atoms with E-state index in [0.29, 0.717) is 35.3 Å². The number of rotatable bonds is 7. The van der Waals surface area contributed by atoms with E-state index in [1.165, 1.54) is 0 Å². The van der Waals surface area contributed by atoms with Gasteiger partial charge in [-0.1, -0.05) is 35.3 Å². The second kappa shape index (κ2) is 9.33. The fourth-order valence-electron chi connectivity index (χ4n) is 2.95. The number of aromatic nitrogens is 2. The number of amides is 1. The van der Waals surface area contributed by atoms with Gasteiger partial charge in [-0.25, -0.2) is 0 Å². The summed E-state index contributed by atoms with van der Waals surface area (Å²) in [6.45, 7) is 5.43. The van der Waals surface area contributed by atoms with Crippen molar-refractivity contribution in [3.8, 4) is 5.75 Å². The number of ether oxygens (including phenoxy) is 1. The Labute approximate surface area is 180 Å². The van der Waals surface area contributed by atoms with Crippen LogP contribution in [-0.4, -0.2) is 27.6 Å². The Morgan fingerprint density at radius 1 is 1.14 bits per heavy atom. The zero-order valence-electron chi connectivity index (χ0n) is 16.7. The summed E-state index contributed by atoms with van der Waals surface area (Å²) in [6, 6.07) is 13.0. The molecule has 29 heavy (non-hydrogen) atoms. The van der Waals surface area contributed by atoms with Crippen molar-refractivity contribution in [2.24, 2.45) is 0 Å². The van der Waals surface area contributed by atoms with Crippen LogP contribution >= 0.6 is 23.2 Å². The topological polar surface area (TPSA) is 47.4 Å². The van der Waals surface area contributed by atoms with Crippen molar-refractivity contribution in [2.75, 3.05) is 7.05 Å². The van der Waals surface area contributed by atoms with Crippen LogP contribution in [0.2, 0.25) is 10.0 Å². The number of aryl methyl sites for hydroxylation is 2. The average Bonchev–Trinajstić information content (AvgIpc) is 3.08. The number of halogens is 2. The van der Waals surface area contributed by atoms with Crippen molar-refractivity contribution in [3.63, 3.8) is 0 Å². The maximum Gasteiger partial charge on any atom is 0.253 e. The summed E-state index contributed by atoms with van der Waals surface area (Å²) in [5, 5.41) is 5.49. The number of carbonyl (C=O) groups is 1. The third-order valence-electron chi connectivity index (χ3n) is 4.67. The van der Waals surface area contributed by atoms with Crippen LogP contribution in [0.15, 0.2) is 48.7 Å². The fraction of sp³-hybridized carbons (Fsp3) is 0.273. The summed E-state index contributed by atoms with van der Waals surface area (Å²) < 4.78 is 7.60. The average molecular weight is 432 g/mol. The van der Waals surface area contributed by atoms with Gasteiger partial charge in [-0.15, -0.1) is 0 Å². The molecule has 0 aliphatic rings. The van der Waals surface area contributed by atoms with Crippen LogP contribution < -0.4 is 4.74 Å². The van der Waals surface area contributed by atoms with Gasteiger partial charge in [0.25, 0.3) is 5.91 Å². The molecule has 1 aromatic heterocycles. The van der Waals surface area contributed by atoms with Crippen LogP contribution in [0.5, 0.6) is 5.75 Å². The minimum atomic E-state index is -0.0780. The molecule has 0 radical (unpaired) electrons. The van der Waals surface area contributed by atoms with E-state index in [1.807, 2.05) is 56.3 Å². The molecule has 0 bridgehead atoms. The molecule has 3 aromatic rings. The van der Waals surface area contributed by atoms with Crippen molar-refractivity contribution in [1.82, 2.24) is 14.7 Å². The summed E-state index contributed by atoms with van der Waals surface area (Å²) in [7, 11) is 1.76. The molecule has 152 valence electrons. The Hall–Kier alpha value is -2.50. The van der Waals surface area contributed by atoms with Gasteiger partial charge in [-0.3, -0.25) is 9.48 Å². The summed E-state index contributed by atoms with van der Waals surface area (Å²) in [6.07, 6.45) is 1.61. The molecule has 0 unspecified atom stereocenters. The molecule has 0 saturated heterocycles. The molecule has 0 fully saturated rings. The highest BCUT2D eigenvalue weighted by Crippen LogP contribution is 2.22. The van der Waals surface area contributed by atoms with Crippen molar-refractivity contribution < 1.29 is 9.53 Å². The Bertz CT molecular complexity index is 1000. The molecule has 0 aliphatic heterocycles. The van der Waals surface area contributed by atoms with Crippen molar-refractivity contribution in [3.05, 3.63) is 81.1 Å². The first-order chi connectivity index (χ1) is 13.9. The number of hydrogen-bond donors (Lipinski definition) is 0. The Morgan fingerprint density at radius 3 is 2.52 bits per heavy atom. The molecule has 0 aliphatic carbocycles. The van der Waals surface area contributed by atoms with Gasteiger partial charge in [0.15, 0.2) is 0 Å². The maximum absolute atomic E-state index is 12.8. The van der Waals surface area contributed by atoms with Crippen LogP contribution in [0.1, 0.15) is 34.1 Å². The first-order valence-electron chi connectivity index (χ1n) is 9.32. The summed E-state index contributed by atoms with van der Waals surface area (Å²) in [5.41, 5.74) is 3.38. The first kappa shape index (κ1) is 21.2. The second-order valence-corrected chi connectivity index (χ2v) is 7.63. The van der Waals surface area contributed by atoms with E-state index in [0.717, 1.165) is 22.6 Å². The van der Waals surface area contributed by atoms with E-state index in [4.69, 9.17) is 27.9 Å². The van der Waals surface area contributed by atoms with Gasteiger partial charge < -0.3 is 9.64 Å². The third kappa shape index (κ3) is 5.11. The minimum Gasteiger partial charge on any atom is -0.489 e. The maximum atomic E-state index is 12.8. The van der Waals surface area contributed by atoms with Crippen LogP contribution in [0, 0.1) is 6.92 Å². The Morgan fingerprint density at radius 2 is 1.86 bits per heavy atom. The van der Waals surface area contributed by atoms with Crippen molar-refractivity contribution in [1.29, 1.82) is 0 Å². The molecular weight excluding hydrogens is 409 g/mol. The van der Waals surface area contributed by atoms with Crippen molar-refractivity contribution >= 4 is 29.1 Å². The smallest absolute Gasteiger partial charge is 0.253 e. The predicted molar refractivity (Wildman–Crippen MR) is 116 cm³/mol. The fourth-order valence-corrected chi connectivity index (χ4v) is 3.27. The van der Waals surface area contributed by atoms with E-state index in [-0.39, 0.29) is 5.91 Å². The number of nitrogens with zero attached hydrogens (tertiary/aromatic N) is 3. The molecule has 5 nitrogen and oxygen atoms in total. The highest BCUT2D eigenvalue weighted by Gasteiger charge is 2.16. The largest absolute Gasteiger partial charge is 0.489 e. The Kier molecular flexibility index (Phi) is 6.83. The van der Waals surface area contributed by atoms with E-state index >= 15 is 0 Å². The summed E-state index contributed by atoms with van der Waals surface area (Å²) in [5.74, 6) is 0.682. The first-order valence-corrected chi connectivity index (χ1v) is 10.1. The van der Waals surface area contributed by atoms with Gasteiger partial charge in [0.05, 0.1) is 23.5 Å². The zero-order chi connectivity index (χ0) is 21.0. The normalized spacial score (nSPS) is 10.8. The molecular formula is C22H23Cl2N3O2. The molecule has 7 heteroatoms. The quantitative estimate of drug-likeness (QED) is 0.504.